The van der Waals surface area contributed by atoms with Crippen LogP contribution in [0.5, 0.6) is 0 Å². The van der Waals surface area contributed by atoms with Crippen molar-refractivity contribution in [3.8, 4) is 11.3 Å². The number of rotatable bonds is 1. The van der Waals surface area contributed by atoms with E-state index in [1.165, 1.54) is 5.39 Å². The second-order valence-corrected chi connectivity index (χ2v) is 4.37. The Kier molecular flexibility index (Phi) is 1.83. The van der Waals surface area contributed by atoms with Crippen LogP contribution in [0.1, 0.15) is 0 Å². The molecule has 2 aromatic carbocycles. The first-order chi connectivity index (χ1) is 8.92. The summed E-state index contributed by atoms with van der Waals surface area (Å²) >= 11 is 0. The highest BCUT2D eigenvalue weighted by atomic mass is 14.9. The minimum absolute atomic E-state index is 1.00. The number of benzene rings is 2. The van der Waals surface area contributed by atoms with E-state index in [2.05, 4.69) is 45.3 Å². The molecule has 0 amide bonds. The summed E-state index contributed by atoms with van der Waals surface area (Å²) in [6, 6.07) is 16.6. The highest BCUT2D eigenvalue weighted by Crippen LogP contribution is 2.28. The van der Waals surface area contributed by atoms with Crippen molar-refractivity contribution in [1.29, 1.82) is 0 Å². The normalized spacial score (nSPS) is 11.3. The average molecular weight is 233 g/mol. The van der Waals surface area contributed by atoms with Crippen molar-refractivity contribution in [3.05, 3.63) is 54.9 Å². The zero-order valence-corrected chi connectivity index (χ0v) is 9.64. The summed E-state index contributed by atoms with van der Waals surface area (Å²) in [6.45, 7) is 0. The molecule has 0 aliphatic carbocycles. The van der Waals surface area contributed by atoms with E-state index in [1.807, 2.05) is 18.2 Å². The van der Waals surface area contributed by atoms with E-state index in [-0.39, 0.29) is 0 Å². The van der Waals surface area contributed by atoms with Crippen molar-refractivity contribution in [2.75, 3.05) is 0 Å². The van der Waals surface area contributed by atoms with Crippen molar-refractivity contribution >= 4 is 21.9 Å². The molecule has 0 spiro atoms. The molecular weight excluding hydrogens is 222 g/mol. The predicted molar refractivity (Wildman–Crippen MR) is 73.4 cm³/mol. The number of aromatic amines is 2. The number of para-hydroxylation sites is 2. The van der Waals surface area contributed by atoms with Gasteiger partial charge in [0.05, 0.1) is 17.4 Å². The number of H-pyrrole nitrogens is 2. The molecule has 18 heavy (non-hydrogen) atoms. The lowest BCUT2D eigenvalue weighted by Gasteiger charge is -1.98. The van der Waals surface area contributed by atoms with Crippen molar-refractivity contribution in [2.24, 2.45) is 0 Å². The van der Waals surface area contributed by atoms with E-state index in [0.717, 1.165) is 27.8 Å². The zero-order chi connectivity index (χ0) is 11.9. The van der Waals surface area contributed by atoms with E-state index in [9.17, 15) is 0 Å². The summed E-state index contributed by atoms with van der Waals surface area (Å²) in [5.41, 5.74) is 5.45. The zero-order valence-electron chi connectivity index (χ0n) is 9.64. The van der Waals surface area contributed by atoms with E-state index in [4.69, 9.17) is 0 Å². The Morgan fingerprint density at radius 1 is 0.889 bits per heavy atom. The smallest absolute Gasteiger partial charge is 0.0975 e. The molecule has 0 aliphatic heterocycles. The summed E-state index contributed by atoms with van der Waals surface area (Å²) in [5.74, 6) is 0. The third-order valence-electron chi connectivity index (χ3n) is 3.27. The van der Waals surface area contributed by atoms with Crippen LogP contribution in [-0.2, 0) is 0 Å². The molecule has 2 aromatic heterocycles. The van der Waals surface area contributed by atoms with Crippen LogP contribution in [0.15, 0.2) is 54.9 Å². The van der Waals surface area contributed by atoms with Gasteiger partial charge in [-0.05, 0) is 18.2 Å². The number of hydrogen-bond donors (Lipinski definition) is 2. The van der Waals surface area contributed by atoms with Crippen LogP contribution in [0.3, 0.4) is 0 Å². The second kappa shape index (κ2) is 3.47. The molecular formula is C15H11N3. The third-order valence-corrected chi connectivity index (χ3v) is 3.27. The van der Waals surface area contributed by atoms with Crippen molar-refractivity contribution in [3.63, 3.8) is 0 Å². The maximum atomic E-state index is 4.39. The van der Waals surface area contributed by atoms with Gasteiger partial charge in [-0.2, -0.15) is 0 Å². The summed E-state index contributed by atoms with van der Waals surface area (Å²) in [4.78, 5) is 11.0. The van der Waals surface area contributed by atoms with E-state index in [0.29, 0.717) is 0 Å². The second-order valence-electron chi connectivity index (χ2n) is 4.37. The molecule has 0 atom stereocenters. The van der Waals surface area contributed by atoms with Crippen molar-refractivity contribution in [1.82, 2.24) is 15.0 Å². The van der Waals surface area contributed by atoms with Gasteiger partial charge < -0.3 is 9.97 Å². The maximum Gasteiger partial charge on any atom is 0.0975 e. The molecule has 4 rings (SSSR count). The number of hydrogen-bond acceptors (Lipinski definition) is 1. The molecule has 0 aliphatic rings. The van der Waals surface area contributed by atoms with Crippen LogP contribution in [0, 0.1) is 0 Å². The van der Waals surface area contributed by atoms with Gasteiger partial charge >= 0.3 is 0 Å². The minimum atomic E-state index is 1.00. The fraction of sp³-hybridized carbons (Fsp3) is 0. The molecule has 0 fully saturated rings. The lowest BCUT2D eigenvalue weighted by Crippen LogP contribution is -1.79. The van der Waals surface area contributed by atoms with E-state index in [1.54, 1.807) is 6.33 Å². The maximum absolute atomic E-state index is 4.39. The average Bonchev–Trinajstić information content (AvgIpc) is 3.04. The van der Waals surface area contributed by atoms with Gasteiger partial charge in [0.15, 0.2) is 0 Å². The summed E-state index contributed by atoms with van der Waals surface area (Å²) < 4.78 is 0. The molecule has 3 heteroatoms. The first-order valence-electron chi connectivity index (χ1n) is 5.92. The summed E-state index contributed by atoms with van der Waals surface area (Å²) in [6.07, 6.45) is 1.73. The molecule has 0 unspecified atom stereocenters. The predicted octanol–water partition coefficient (Wildman–Crippen LogP) is 3.71. The number of imidazole rings is 1. The Bertz CT molecular complexity index is 806. The van der Waals surface area contributed by atoms with E-state index >= 15 is 0 Å². The molecule has 86 valence electrons. The Morgan fingerprint density at radius 2 is 1.78 bits per heavy atom. The fourth-order valence-corrected chi connectivity index (χ4v) is 2.40. The van der Waals surface area contributed by atoms with Crippen LogP contribution in [0.2, 0.25) is 0 Å². The molecule has 0 bridgehead atoms. The van der Waals surface area contributed by atoms with Gasteiger partial charge in [0.25, 0.3) is 0 Å². The summed E-state index contributed by atoms with van der Waals surface area (Å²) in [5, 5.41) is 1.22. The molecule has 0 radical (unpaired) electrons. The van der Waals surface area contributed by atoms with Crippen LogP contribution < -0.4 is 0 Å². The molecule has 2 N–H and O–H groups in total. The van der Waals surface area contributed by atoms with Crippen LogP contribution in [0.4, 0.5) is 0 Å². The molecule has 4 aromatic rings. The van der Waals surface area contributed by atoms with Crippen molar-refractivity contribution < 1.29 is 0 Å². The first kappa shape index (κ1) is 9.48. The lowest BCUT2D eigenvalue weighted by molar-refractivity contribution is 1.34. The number of fused-ring (bicyclic) bond motifs is 2. The fourth-order valence-electron chi connectivity index (χ4n) is 2.40. The highest BCUT2D eigenvalue weighted by molar-refractivity contribution is 5.94. The van der Waals surface area contributed by atoms with Gasteiger partial charge in [-0.3, -0.25) is 0 Å². The van der Waals surface area contributed by atoms with Crippen LogP contribution >= 0.6 is 0 Å². The van der Waals surface area contributed by atoms with E-state index < -0.39 is 0 Å². The molecule has 0 saturated heterocycles. The van der Waals surface area contributed by atoms with Crippen LogP contribution in [-0.4, -0.2) is 15.0 Å². The quantitative estimate of drug-likeness (QED) is 0.517. The number of aromatic nitrogens is 3. The van der Waals surface area contributed by atoms with Gasteiger partial charge in [0.2, 0.25) is 0 Å². The molecule has 0 saturated carbocycles. The lowest BCUT2D eigenvalue weighted by atomic mass is 10.1. The standard InChI is InChI=1S/C15H11N3/c1-2-6-12-10(4-1)8-14(18-12)11-5-3-7-13-15(11)17-9-16-13/h1-9,18H,(H,16,17). The summed E-state index contributed by atoms with van der Waals surface area (Å²) in [7, 11) is 0. The minimum Gasteiger partial charge on any atom is -0.354 e. The van der Waals surface area contributed by atoms with Crippen molar-refractivity contribution in [2.45, 2.75) is 0 Å². The Balaban J connectivity index is 2.04. The Morgan fingerprint density at radius 3 is 2.72 bits per heavy atom. The number of nitrogens with zero attached hydrogens (tertiary/aromatic N) is 1. The highest BCUT2D eigenvalue weighted by Gasteiger charge is 2.08. The first-order valence-corrected chi connectivity index (χ1v) is 5.92. The molecule has 2 heterocycles. The van der Waals surface area contributed by atoms with Gasteiger partial charge in [0, 0.05) is 22.2 Å². The van der Waals surface area contributed by atoms with Gasteiger partial charge in [-0.1, -0.05) is 30.3 Å². The topological polar surface area (TPSA) is 44.5 Å². The number of nitrogens with one attached hydrogen (secondary N) is 2. The Hall–Kier alpha value is -2.55. The Labute approximate surface area is 103 Å². The largest absolute Gasteiger partial charge is 0.354 e. The third kappa shape index (κ3) is 1.27. The van der Waals surface area contributed by atoms with Gasteiger partial charge in [-0.15, -0.1) is 0 Å². The van der Waals surface area contributed by atoms with Gasteiger partial charge in [-0.25, -0.2) is 4.98 Å². The monoisotopic (exact) mass is 233 g/mol. The molecule has 3 nitrogen and oxygen atoms in total. The SMILES string of the molecule is c1ccc2[nH]c(-c3cccc4[nH]cnc34)cc2c1. The van der Waals surface area contributed by atoms with Gasteiger partial charge in [0.1, 0.15) is 0 Å². The van der Waals surface area contributed by atoms with Crippen LogP contribution in [0.25, 0.3) is 33.2 Å².